The number of carbonyl (C=O) groups excluding carboxylic acids is 1. The Balaban J connectivity index is 1.15. The highest BCUT2D eigenvalue weighted by Gasteiger charge is 2.40. The third kappa shape index (κ3) is 4.07. The summed E-state index contributed by atoms with van der Waals surface area (Å²) in [4.78, 5) is 25.1. The van der Waals surface area contributed by atoms with Gasteiger partial charge in [0, 0.05) is 25.6 Å². The van der Waals surface area contributed by atoms with E-state index in [1.54, 1.807) is 6.07 Å². The van der Waals surface area contributed by atoms with Crippen LogP contribution in [0, 0.1) is 11.6 Å². The number of H-pyrrole nitrogens is 2. The Morgan fingerprint density at radius 2 is 2.10 bits per heavy atom. The van der Waals surface area contributed by atoms with Gasteiger partial charge in [0.05, 0.1) is 48.1 Å². The van der Waals surface area contributed by atoms with E-state index in [1.165, 1.54) is 18.2 Å². The number of hydrogen-bond acceptors (Lipinski definition) is 6. The molecule has 11 heteroatoms. The van der Waals surface area contributed by atoms with Crippen molar-refractivity contribution >= 4 is 16.8 Å². The number of likely N-dealkylation sites (tertiary alicyclic amines) is 1. The first-order valence-electron chi connectivity index (χ1n) is 13.3. The van der Waals surface area contributed by atoms with Crippen molar-refractivity contribution in [1.29, 1.82) is 0 Å². The second-order valence-electron chi connectivity index (χ2n) is 10.6. The quantitative estimate of drug-likeness (QED) is 0.362. The van der Waals surface area contributed by atoms with Gasteiger partial charge in [-0.15, -0.1) is 0 Å². The van der Waals surface area contributed by atoms with Gasteiger partial charge in [0.2, 0.25) is 5.91 Å². The van der Waals surface area contributed by atoms with Crippen molar-refractivity contribution in [3.8, 4) is 28.4 Å². The molecule has 3 aliphatic heterocycles. The number of benzene rings is 2. The van der Waals surface area contributed by atoms with E-state index in [0.717, 1.165) is 24.4 Å². The van der Waals surface area contributed by atoms with Crippen LogP contribution in [0.3, 0.4) is 0 Å². The zero-order valence-corrected chi connectivity index (χ0v) is 21.4. The van der Waals surface area contributed by atoms with Crippen molar-refractivity contribution in [2.45, 2.75) is 44.9 Å². The van der Waals surface area contributed by atoms with Crippen LogP contribution in [-0.2, 0) is 28.9 Å². The number of ether oxygens (including phenoxy) is 1. The topological polar surface area (TPSA) is 110 Å². The van der Waals surface area contributed by atoms with Gasteiger partial charge < -0.3 is 19.7 Å². The zero-order chi connectivity index (χ0) is 26.8. The summed E-state index contributed by atoms with van der Waals surface area (Å²) in [6.07, 6.45) is 2.40. The molecule has 7 rings (SSSR count). The Morgan fingerprint density at radius 3 is 2.87 bits per heavy atom. The number of amides is 1. The minimum Gasteiger partial charge on any atom is -0.505 e. The molecule has 0 radical (unpaired) electrons. The van der Waals surface area contributed by atoms with Crippen LogP contribution in [0.4, 0.5) is 8.78 Å². The average molecular weight is 535 g/mol. The molecular weight excluding hydrogens is 506 g/mol. The maximum atomic E-state index is 15.5. The molecule has 3 N–H and O–H groups in total. The van der Waals surface area contributed by atoms with E-state index in [4.69, 9.17) is 9.72 Å². The smallest absolute Gasteiger partial charge is 0.237 e. The number of nitrogens with one attached hydrogen (secondary N) is 2. The molecule has 2 atom stereocenters. The van der Waals surface area contributed by atoms with Crippen molar-refractivity contribution in [1.82, 2.24) is 30.0 Å². The number of phenols is 1. The molecule has 4 aromatic rings. The molecule has 2 bridgehead atoms. The van der Waals surface area contributed by atoms with E-state index in [9.17, 15) is 14.3 Å². The first-order valence-corrected chi connectivity index (χ1v) is 13.3. The lowest BCUT2D eigenvalue weighted by Crippen LogP contribution is -2.46. The molecule has 0 spiro atoms. The largest absolute Gasteiger partial charge is 0.505 e. The van der Waals surface area contributed by atoms with E-state index in [1.807, 2.05) is 11.8 Å². The lowest BCUT2D eigenvalue weighted by atomic mass is 9.96. The minimum atomic E-state index is -0.761. The van der Waals surface area contributed by atoms with Crippen molar-refractivity contribution in [2.75, 3.05) is 26.2 Å². The number of halogens is 2. The van der Waals surface area contributed by atoms with E-state index in [2.05, 4.69) is 20.1 Å². The van der Waals surface area contributed by atoms with E-state index in [0.29, 0.717) is 78.9 Å². The summed E-state index contributed by atoms with van der Waals surface area (Å²) >= 11 is 0. The summed E-state index contributed by atoms with van der Waals surface area (Å²) in [5.41, 5.74) is 4.18. The van der Waals surface area contributed by atoms with Gasteiger partial charge in [-0.1, -0.05) is 6.92 Å². The fourth-order valence-corrected chi connectivity index (χ4v) is 6.17. The monoisotopic (exact) mass is 534 g/mol. The number of aromatic hydroxyl groups is 1. The number of phenolic OH excluding ortho intramolecular Hbond substituents is 1. The molecule has 0 unspecified atom stereocenters. The standard InChI is InChI=1S/C28H28F2N6O3/c1-2-14-7-24(37)19(29)9-18(14)15-5-20(30)26-22(6-15)33-34-27(26)28-31-21-3-4-35(11-23(21)32-28)25(38)12-36-10-17-8-16(36)13-39-17/h5-7,9,16-17,37H,2-4,8,10-13H2,1H3,(H,31,32)(H,33,34)/t16-,17-/m1/s1. The number of hydrogen-bond donors (Lipinski definition) is 3. The van der Waals surface area contributed by atoms with Crippen LogP contribution in [0.15, 0.2) is 24.3 Å². The predicted octanol–water partition coefficient (Wildman–Crippen LogP) is 3.52. The van der Waals surface area contributed by atoms with Gasteiger partial charge >= 0.3 is 0 Å². The van der Waals surface area contributed by atoms with Crippen LogP contribution >= 0.6 is 0 Å². The van der Waals surface area contributed by atoms with Crippen LogP contribution in [-0.4, -0.2) is 79.4 Å². The van der Waals surface area contributed by atoms with E-state index < -0.39 is 17.4 Å². The number of aromatic nitrogens is 4. The highest BCUT2D eigenvalue weighted by Crippen LogP contribution is 2.36. The Morgan fingerprint density at radius 1 is 1.23 bits per heavy atom. The first kappa shape index (κ1) is 24.2. The Kier molecular flexibility index (Phi) is 5.67. The van der Waals surface area contributed by atoms with Gasteiger partial charge in [0.15, 0.2) is 17.4 Å². The lowest BCUT2D eigenvalue weighted by Gasteiger charge is -2.31. The van der Waals surface area contributed by atoms with Crippen LogP contribution in [0.5, 0.6) is 5.75 Å². The van der Waals surface area contributed by atoms with Crippen molar-refractivity contribution in [2.24, 2.45) is 0 Å². The number of rotatable bonds is 5. The number of morpholine rings is 1. The molecule has 2 aromatic carbocycles. The molecule has 5 heterocycles. The highest BCUT2D eigenvalue weighted by molar-refractivity contribution is 5.94. The molecule has 2 saturated heterocycles. The third-order valence-corrected chi connectivity index (χ3v) is 8.24. The van der Waals surface area contributed by atoms with Gasteiger partial charge in [-0.2, -0.15) is 5.10 Å². The van der Waals surface area contributed by atoms with Crippen LogP contribution < -0.4 is 0 Å². The fraction of sp³-hybridized carbons (Fsp3) is 0.393. The first-order chi connectivity index (χ1) is 18.9. The normalized spacial score (nSPS) is 20.7. The summed E-state index contributed by atoms with van der Waals surface area (Å²) in [5, 5.41) is 17.3. The summed E-state index contributed by atoms with van der Waals surface area (Å²) in [6, 6.07) is 6.01. The average Bonchev–Trinajstić information content (AvgIpc) is 3.72. The minimum absolute atomic E-state index is 0.0882. The predicted molar refractivity (Wildman–Crippen MR) is 139 cm³/mol. The Bertz CT molecular complexity index is 1610. The number of nitrogens with zero attached hydrogens (tertiary/aromatic N) is 4. The lowest BCUT2D eigenvalue weighted by molar-refractivity contribution is -0.134. The molecule has 202 valence electrons. The molecule has 39 heavy (non-hydrogen) atoms. The van der Waals surface area contributed by atoms with Crippen molar-refractivity contribution in [3.63, 3.8) is 0 Å². The van der Waals surface area contributed by atoms with Gasteiger partial charge in [-0.3, -0.25) is 14.8 Å². The molecule has 9 nitrogen and oxygen atoms in total. The summed E-state index contributed by atoms with van der Waals surface area (Å²) in [6.45, 7) is 4.79. The number of aromatic amines is 2. The molecule has 0 aliphatic carbocycles. The van der Waals surface area contributed by atoms with E-state index >= 15 is 4.39 Å². The van der Waals surface area contributed by atoms with Crippen LogP contribution in [0.1, 0.15) is 30.3 Å². The zero-order valence-electron chi connectivity index (χ0n) is 21.4. The van der Waals surface area contributed by atoms with Crippen LogP contribution in [0.25, 0.3) is 33.5 Å². The van der Waals surface area contributed by atoms with Gasteiger partial charge in [-0.25, -0.2) is 13.8 Å². The SMILES string of the molecule is CCc1cc(O)c(F)cc1-c1cc(F)c2c(-c3nc4c([nH]3)CN(C(=O)CN3C[C@H]5C[C@@H]3CO5)CC4)n[nH]c2c1. The fourth-order valence-electron chi connectivity index (χ4n) is 6.17. The molecule has 3 aliphatic rings. The maximum Gasteiger partial charge on any atom is 0.237 e. The molecule has 2 fully saturated rings. The molecule has 2 aromatic heterocycles. The molecule has 0 saturated carbocycles. The van der Waals surface area contributed by atoms with Crippen molar-refractivity contribution < 1.29 is 23.4 Å². The van der Waals surface area contributed by atoms with E-state index in [-0.39, 0.29) is 17.4 Å². The second-order valence-corrected chi connectivity index (χ2v) is 10.6. The highest BCUT2D eigenvalue weighted by atomic mass is 19.1. The van der Waals surface area contributed by atoms with Crippen LogP contribution in [0.2, 0.25) is 0 Å². The van der Waals surface area contributed by atoms with Gasteiger partial charge in [0.1, 0.15) is 11.5 Å². The molecule has 1 amide bonds. The van der Waals surface area contributed by atoms with Crippen molar-refractivity contribution in [3.05, 3.63) is 52.9 Å². The Hall–Kier alpha value is -3.83. The summed E-state index contributed by atoms with van der Waals surface area (Å²) in [5.74, 6) is -1.18. The second kappa shape index (κ2) is 9.13. The number of aryl methyl sites for hydroxylation is 1. The summed E-state index contributed by atoms with van der Waals surface area (Å²) < 4.78 is 35.3. The van der Waals surface area contributed by atoms with Gasteiger partial charge in [0.25, 0.3) is 0 Å². The number of fused-ring (bicyclic) bond motifs is 4. The third-order valence-electron chi connectivity index (χ3n) is 8.24. The number of carbonyl (C=O) groups is 1. The van der Waals surface area contributed by atoms with Gasteiger partial charge in [-0.05, 0) is 53.8 Å². The summed E-state index contributed by atoms with van der Waals surface area (Å²) in [7, 11) is 0. The Labute approximate surface area is 222 Å². The molecular formula is C28H28F2N6O3. The number of imidazole rings is 1. The maximum absolute atomic E-state index is 15.5.